The molecule has 5 rings (SSSR count). The Morgan fingerprint density at radius 2 is 1.48 bits per heavy atom. The van der Waals surface area contributed by atoms with Crippen molar-refractivity contribution in [2.24, 2.45) is 11.7 Å². The van der Waals surface area contributed by atoms with Crippen LogP contribution in [-0.2, 0) is 29.2 Å². The first-order chi connectivity index (χ1) is 22.2. The van der Waals surface area contributed by atoms with E-state index < -0.39 is 53.1 Å². The molecule has 10 nitrogen and oxygen atoms in total. The van der Waals surface area contributed by atoms with Crippen LogP contribution in [0.15, 0.2) is 113 Å². The third-order valence-corrected chi connectivity index (χ3v) is 8.76. The number of carbonyl (C=O) groups is 2. The maximum atomic E-state index is 13.8. The van der Waals surface area contributed by atoms with Gasteiger partial charge in [-0.3, -0.25) is 23.9 Å². The number of hydrogen-bond donors (Lipinski definition) is 2. The minimum Gasteiger partial charge on any atom is -0.463 e. The first kappa shape index (κ1) is 32.6. The van der Waals surface area contributed by atoms with Crippen molar-refractivity contribution in [3.63, 3.8) is 0 Å². The van der Waals surface area contributed by atoms with Crippen molar-refractivity contribution in [2.45, 2.75) is 63.0 Å². The summed E-state index contributed by atoms with van der Waals surface area (Å²) < 4.78 is 19.0. The molecule has 5 atom stereocenters. The third-order valence-electron chi connectivity index (χ3n) is 8.76. The summed E-state index contributed by atoms with van der Waals surface area (Å²) in [6, 6.07) is 29.8. The number of hydrogen-bond acceptors (Lipinski definition) is 8. The molecule has 1 aliphatic rings. The molecule has 0 saturated carbocycles. The van der Waals surface area contributed by atoms with E-state index in [1.54, 1.807) is 0 Å². The molecule has 0 bridgehead atoms. The minimum atomic E-state index is -0.888. The topological polar surface area (TPSA) is 143 Å². The van der Waals surface area contributed by atoms with Gasteiger partial charge in [0.25, 0.3) is 5.56 Å². The number of esters is 2. The number of nitrogens with one attached hydrogen (secondary N) is 1. The van der Waals surface area contributed by atoms with E-state index in [2.05, 4.69) is 4.98 Å². The van der Waals surface area contributed by atoms with Crippen LogP contribution in [-0.4, -0.2) is 46.3 Å². The van der Waals surface area contributed by atoms with Crippen LogP contribution in [0.4, 0.5) is 0 Å². The zero-order valence-electron chi connectivity index (χ0n) is 25.9. The molecule has 10 heteroatoms. The molecule has 3 N–H and O–H groups in total. The Balaban J connectivity index is 1.42. The van der Waals surface area contributed by atoms with Gasteiger partial charge in [0.1, 0.15) is 31.1 Å². The Hall–Kier alpha value is -4.80. The number of rotatable bonds is 12. The molecule has 46 heavy (non-hydrogen) atoms. The monoisotopic (exact) mass is 625 g/mol. The molecule has 240 valence electrons. The first-order valence-corrected chi connectivity index (χ1v) is 15.5. The summed E-state index contributed by atoms with van der Waals surface area (Å²) in [5, 5.41) is 0. The van der Waals surface area contributed by atoms with Crippen molar-refractivity contribution in [1.29, 1.82) is 0 Å². The van der Waals surface area contributed by atoms with Crippen molar-refractivity contribution in [3.05, 3.63) is 141 Å². The van der Waals surface area contributed by atoms with Crippen LogP contribution in [0.25, 0.3) is 0 Å². The lowest BCUT2D eigenvalue weighted by atomic mass is 9.67. The molecule has 1 saturated heterocycles. The highest BCUT2D eigenvalue weighted by Crippen LogP contribution is 2.42. The molecule has 0 amide bonds. The molecule has 1 aromatic heterocycles. The number of carbonyl (C=O) groups excluding carboxylic acids is 2. The number of aromatic nitrogens is 2. The molecule has 1 aliphatic heterocycles. The van der Waals surface area contributed by atoms with Crippen molar-refractivity contribution in [1.82, 2.24) is 9.55 Å². The molecule has 4 aromatic rings. The second-order valence-corrected chi connectivity index (χ2v) is 11.6. The lowest BCUT2D eigenvalue weighted by Crippen LogP contribution is -2.42. The van der Waals surface area contributed by atoms with Gasteiger partial charge in [-0.1, -0.05) is 111 Å². The number of benzene rings is 3. The average Bonchev–Trinajstić information content (AvgIpc) is 3.48. The Morgan fingerprint density at radius 1 is 0.935 bits per heavy atom. The number of aromatic amines is 1. The fourth-order valence-electron chi connectivity index (χ4n) is 5.93. The SMILES string of the molecule is CC[C@H](C)[C@H](N)C(=O)O[C@H]1C[C@H](n2ccc(=O)[nH]c2=O)O[C@@H]1COC(=O)CC(c1ccccc1)(c1ccccc1)c1ccccc1. The zero-order chi connectivity index (χ0) is 32.7. The van der Waals surface area contributed by atoms with Crippen LogP contribution in [0.5, 0.6) is 0 Å². The van der Waals surface area contributed by atoms with Gasteiger partial charge in [-0.15, -0.1) is 0 Å². The Bertz CT molecular complexity index is 1630. The van der Waals surface area contributed by atoms with Gasteiger partial charge in [0.15, 0.2) is 0 Å². The Labute approximate surface area is 267 Å². The van der Waals surface area contributed by atoms with Crippen molar-refractivity contribution < 1.29 is 23.8 Å². The molecular formula is C36H39N3O7. The standard InChI is InChI=1S/C36H39N3O7/c1-3-24(2)33(37)34(42)46-28-21-31(39-20-19-30(40)38-35(39)43)45-29(28)23-44-32(41)22-36(25-13-7-4-8-14-25,26-15-9-5-10-16-26)27-17-11-6-12-18-27/h4-20,24,28-29,31,33H,3,21-23,37H2,1-2H3,(H,38,40,43)/t24-,28-,29+,31+,33-/m0/s1. The molecule has 2 heterocycles. The molecular weight excluding hydrogens is 586 g/mol. The van der Waals surface area contributed by atoms with Gasteiger partial charge in [-0.05, 0) is 22.6 Å². The summed E-state index contributed by atoms with van der Waals surface area (Å²) in [6.07, 6.45) is -0.555. The lowest BCUT2D eigenvalue weighted by Gasteiger charge is -2.35. The molecule has 1 fully saturated rings. The highest BCUT2D eigenvalue weighted by atomic mass is 16.6. The molecule has 0 aliphatic carbocycles. The van der Waals surface area contributed by atoms with E-state index in [9.17, 15) is 19.2 Å². The number of ether oxygens (including phenoxy) is 3. The predicted octanol–water partition coefficient (Wildman–Crippen LogP) is 4.08. The minimum absolute atomic E-state index is 0.0239. The first-order valence-electron chi connectivity index (χ1n) is 15.5. The number of nitrogens with two attached hydrogens (primary N) is 1. The van der Waals surface area contributed by atoms with Crippen molar-refractivity contribution in [3.8, 4) is 0 Å². The van der Waals surface area contributed by atoms with E-state index in [1.807, 2.05) is 105 Å². The van der Waals surface area contributed by atoms with Crippen LogP contribution in [0.2, 0.25) is 0 Å². The third kappa shape index (κ3) is 7.03. The zero-order valence-corrected chi connectivity index (χ0v) is 25.9. The predicted molar refractivity (Wildman–Crippen MR) is 172 cm³/mol. The Kier molecular flexibility index (Phi) is 10.3. The Morgan fingerprint density at radius 3 is 1.98 bits per heavy atom. The van der Waals surface area contributed by atoms with E-state index >= 15 is 0 Å². The van der Waals surface area contributed by atoms with Crippen LogP contribution in [0.3, 0.4) is 0 Å². The van der Waals surface area contributed by atoms with Gasteiger partial charge in [0, 0.05) is 18.7 Å². The molecule has 3 aromatic carbocycles. The van der Waals surface area contributed by atoms with Crippen molar-refractivity contribution in [2.75, 3.05) is 6.61 Å². The van der Waals surface area contributed by atoms with Gasteiger partial charge >= 0.3 is 17.6 Å². The molecule has 0 spiro atoms. The van der Waals surface area contributed by atoms with Gasteiger partial charge in [-0.25, -0.2) is 4.79 Å². The highest BCUT2D eigenvalue weighted by Gasteiger charge is 2.43. The summed E-state index contributed by atoms with van der Waals surface area (Å²) in [4.78, 5) is 53.2. The smallest absolute Gasteiger partial charge is 0.330 e. The van der Waals surface area contributed by atoms with Gasteiger partial charge < -0.3 is 19.9 Å². The summed E-state index contributed by atoms with van der Waals surface area (Å²) in [5.41, 5.74) is 6.82. The largest absolute Gasteiger partial charge is 0.463 e. The van der Waals surface area contributed by atoms with E-state index in [0.717, 1.165) is 16.7 Å². The van der Waals surface area contributed by atoms with Crippen LogP contribution >= 0.6 is 0 Å². The van der Waals surface area contributed by atoms with Crippen molar-refractivity contribution >= 4 is 11.9 Å². The fourth-order valence-corrected chi connectivity index (χ4v) is 5.93. The summed E-state index contributed by atoms with van der Waals surface area (Å²) in [7, 11) is 0. The van der Waals surface area contributed by atoms with Crippen LogP contribution in [0.1, 0.15) is 56.0 Å². The second-order valence-electron chi connectivity index (χ2n) is 11.6. The van der Waals surface area contributed by atoms with Crippen LogP contribution < -0.4 is 17.0 Å². The fraction of sp³-hybridized carbons (Fsp3) is 0.333. The quantitative estimate of drug-likeness (QED) is 0.177. The summed E-state index contributed by atoms with van der Waals surface area (Å²) in [6.45, 7) is 3.55. The molecule has 0 radical (unpaired) electrons. The number of H-pyrrole nitrogens is 1. The summed E-state index contributed by atoms with van der Waals surface area (Å²) >= 11 is 0. The maximum Gasteiger partial charge on any atom is 0.330 e. The van der Waals surface area contributed by atoms with E-state index in [0.29, 0.717) is 6.42 Å². The summed E-state index contributed by atoms with van der Waals surface area (Å²) in [5.74, 6) is -1.22. The molecule has 0 unspecified atom stereocenters. The maximum absolute atomic E-state index is 13.8. The normalized spacial score (nSPS) is 19.2. The van der Waals surface area contributed by atoms with E-state index in [-0.39, 0.29) is 25.4 Å². The van der Waals surface area contributed by atoms with Gasteiger partial charge in [0.05, 0.1) is 11.8 Å². The average molecular weight is 626 g/mol. The lowest BCUT2D eigenvalue weighted by molar-refractivity contribution is -0.160. The van der Waals surface area contributed by atoms with Crippen LogP contribution in [0, 0.1) is 5.92 Å². The van der Waals surface area contributed by atoms with Gasteiger partial charge in [-0.2, -0.15) is 0 Å². The van der Waals surface area contributed by atoms with E-state index in [4.69, 9.17) is 19.9 Å². The number of nitrogens with zero attached hydrogens (tertiary/aromatic N) is 1. The van der Waals surface area contributed by atoms with Gasteiger partial charge in [0.2, 0.25) is 0 Å². The van der Waals surface area contributed by atoms with E-state index in [1.165, 1.54) is 16.8 Å². The second kappa shape index (κ2) is 14.5. The highest BCUT2D eigenvalue weighted by molar-refractivity contribution is 5.76.